The highest BCUT2D eigenvalue weighted by Gasteiger charge is 2.18. The summed E-state index contributed by atoms with van der Waals surface area (Å²) in [5.41, 5.74) is 1.94. The lowest BCUT2D eigenvalue weighted by atomic mass is 9.94. The van der Waals surface area contributed by atoms with Crippen LogP contribution in [0.15, 0.2) is 42.5 Å². The van der Waals surface area contributed by atoms with E-state index in [4.69, 9.17) is 23.7 Å². The second-order valence-corrected chi connectivity index (χ2v) is 8.12. The zero-order valence-corrected chi connectivity index (χ0v) is 19.5. The van der Waals surface area contributed by atoms with Crippen molar-refractivity contribution < 1.29 is 38.4 Å². The summed E-state index contributed by atoms with van der Waals surface area (Å²) in [4.78, 5) is 23.6. The van der Waals surface area contributed by atoms with Gasteiger partial charge in [-0.1, -0.05) is 18.2 Å². The van der Waals surface area contributed by atoms with Crippen molar-refractivity contribution >= 4 is 18.0 Å². The molecule has 0 heterocycles. The normalized spacial score (nSPS) is 11.4. The average Bonchev–Trinajstić information content (AvgIpc) is 2.73. The first-order valence-electron chi connectivity index (χ1n) is 10.3. The zero-order valence-electron chi connectivity index (χ0n) is 19.5. The van der Waals surface area contributed by atoms with Gasteiger partial charge in [0.2, 0.25) is 0 Å². The summed E-state index contributed by atoms with van der Waals surface area (Å²) >= 11 is 0. The van der Waals surface area contributed by atoms with Gasteiger partial charge < -0.3 is 28.8 Å². The van der Waals surface area contributed by atoms with Gasteiger partial charge in [0.05, 0.1) is 6.42 Å². The Labute approximate surface area is 193 Å². The smallest absolute Gasteiger partial charge is 0.331 e. The van der Waals surface area contributed by atoms with Crippen LogP contribution >= 0.6 is 0 Å². The van der Waals surface area contributed by atoms with E-state index < -0.39 is 17.5 Å². The number of hydrogen-bond donors (Lipinski definition) is 1. The topological polar surface area (TPSA) is 101 Å². The number of ether oxygens (including phenoxy) is 5. The number of benzene rings is 2. The molecular formula is C25H30O8. The summed E-state index contributed by atoms with van der Waals surface area (Å²) in [6.07, 6.45) is 2.74. The SMILES string of the molecule is COCOc1cc(CC(=O)O)c(-c2cccc(C=CC(=O)OC(C)(C)C)c2)c(OCOC)c1. The van der Waals surface area contributed by atoms with Crippen molar-refractivity contribution in [2.45, 2.75) is 32.8 Å². The van der Waals surface area contributed by atoms with Crippen LogP contribution in [-0.2, 0) is 30.2 Å². The van der Waals surface area contributed by atoms with Crippen LogP contribution in [0.25, 0.3) is 17.2 Å². The molecule has 8 heteroatoms. The molecule has 0 aliphatic rings. The van der Waals surface area contributed by atoms with Gasteiger partial charge in [-0.05, 0) is 55.7 Å². The predicted molar refractivity (Wildman–Crippen MR) is 123 cm³/mol. The molecule has 178 valence electrons. The second-order valence-electron chi connectivity index (χ2n) is 8.12. The van der Waals surface area contributed by atoms with Crippen LogP contribution in [-0.4, -0.2) is 50.5 Å². The highest BCUT2D eigenvalue weighted by molar-refractivity contribution is 5.88. The van der Waals surface area contributed by atoms with E-state index in [0.29, 0.717) is 28.2 Å². The fourth-order valence-corrected chi connectivity index (χ4v) is 3.02. The third-order valence-electron chi connectivity index (χ3n) is 4.17. The molecule has 2 rings (SSSR count). The molecule has 0 saturated heterocycles. The van der Waals surface area contributed by atoms with E-state index in [2.05, 4.69) is 0 Å². The van der Waals surface area contributed by atoms with Crippen LogP contribution in [0.2, 0.25) is 0 Å². The van der Waals surface area contributed by atoms with Crippen LogP contribution in [0, 0.1) is 0 Å². The third kappa shape index (κ3) is 8.59. The van der Waals surface area contributed by atoms with Crippen molar-refractivity contribution in [1.29, 1.82) is 0 Å². The van der Waals surface area contributed by atoms with E-state index in [1.807, 2.05) is 24.3 Å². The molecule has 0 radical (unpaired) electrons. The molecule has 0 aliphatic heterocycles. The molecule has 2 aromatic rings. The number of hydrogen-bond acceptors (Lipinski definition) is 7. The van der Waals surface area contributed by atoms with Crippen molar-refractivity contribution in [3.05, 3.63) is 53.6 Å². The monoisotopic (exact) mass is 458 g/mol. The van der Waals surface area contributed by atoms with E-state index in [-0.39, 0.29) is 20.0 Å². The minimum Gasteiger partial charge on any atom is -0.481 e. The van der Waals surface area contributed by atoms with Gasteiger partial charge in [-0.2, -0.15) is 0 Å². The van der Waals surface area contributed by atoms with Gasteiger partial charge in [-0.15, -0.1) is 0 Å². The van der Waals surface area contributed by atoms with Crippen LogP contribution < -0.4 is 9.47 Å². The Morgan fingerprint density at radius 1 is 1.00 bits per heavy atom. The molecular weight excluding hydrogens is 428 g/mol. The van der Waals surface area contributed by atoms with Gasteiger partial charge >= 0.3 is 11.9 Å². The summed E-state index contributed by atoms with van der Waals surface area (Å²) in [7, 11) is 2.98. The van der Waals surface area contributed by atoms with E-state index in [1.165, 1.54) is 20.3 Å². The minimum absolute atomic E-state index is 0.000517. The Bertz CT molecular complexity index is 988. The van der Waals surface area contributed by atoms with Crippen molar-refractivity contribution in [3.8, 4) is 22.6 Å². The maximum atomic E-state index is 12.0. The maximum Gasteiger partial charge on any atom is 0.331 e. The Balaban J connectivity index is 2.50. The van der Waals surface area contributed by atoms with Crippen molar-refractivity contribution in [2.24, 2.45) is 0 Å². The van der Waals surface area contributed by atoms with Crippen molar-refractivity contribution in [1.82, 2.24) is 0 Å². The summed E-state index contributed by atoms with van der Waals surface area (Å²) in [5.74, 6) is -0.652. The number of carboxylic acid groups (broad SMARTS) is 1. The lowest BCUT2D eigenvalue weighted by Gasteiger charge is -2.18. The highest BCUT2D eigenvalue weighted by Crippen LogP contribution is 2.38. The highest BCUT2D eigenvalue weighted by atomic mass is 16.7. The third-order valence-corrected chi connectivity index (χ3v) is 4.17. The molecule has 0 bridgehead atoms. The van der Waals surface area contributed by atoms with Crippen LogP contribution in [0.5, 0.6) is 11.5 Å². The lowest BCUT2D eigenvalue weighted by Crippen LogP contribution is -2.22. The molecule has 8 nitrogen and oxygen atoms in total. The van der Waals surface area contributed by atoms with Crippen molar-refractivity contribution in [2.75, 3.05) is 27.8 Å². The number of esters is 1. The molecule has 0 saturated carbocycles. The molecule has 0 fully saturated rings. The second kappa shape index (κ2) is 12.0. The first kappa shape index (κ1) is 25.9. The summed E-state index contributed by atoms with van der Waals surface area (Å²) in [5, 5.41) is 9.47. The molecule has 0 aliphatic carbocycles. The number of aliphatic carboxylic acids is 1. The van der Waals surface area contributed by atoms with Gasteiger partial charge in [0.15, 0.2) is 13.6 Å². The predicted octanol–water partition coefficient (Wildman–Crippen LogP) is 4.30. The number of methoxy groups -OCH3 is 2. The maximum absolute atomic E-state index is 12.0. The average molecular weight is 459 g/mol. The van der Waals surface area contributed by atoms with Gasteiger partial charge in [-0.3, -0.25) is 4.79 Å². The fourth-order valence-electron chi connectivity index (χ4n) is 3.02. The Morgan fingerprint density at radius 2 is 1.70 bits per heavy atom. The number of rotatable bonds is 11. The first-order chi connectivity index (χ1) is 15.6. The summed E-state index contributed by atoms with van der Waals surface area (Å²) in [6, 6.07) is 10.6. The molecule has 2 aromatic carbocycles. The molecule has 33 heavy (non-hydrogen) atoms. The minimum atomic E-state index is -1.00. The molecule has 1 N–H and O–H groups in total. The summed E-state index contributed by atoms with van der Waals surface area (Å²) < 4.78 is 26.5. The number of carbonyl (C=O) groups is 2. The Hall–Kier alpha value is -3.36. The Kier molecular flexibility index (Phi) is 9.44. The lowest BCUT2D eigenvalue weighted by molar-refractivity contribution is -0.148. The molecule has 0 aromatic heterocycles. The molecule has 0 unspecified atom stereocenters. The van der Waals surface area contributed by atoms with Gasteiger partial charge in [-0.25, -0.2) is 4.79 Å². The summed E-state index contributed by atoms with van der Waals surface area (Å²) in [6.45, 7) is 5.35. The zero-order chi connectivity index (χ0) is 24.4. The van der Waals surface area contributed by atoms with E-state index in [9.17, 15) is 14.7 Å². The largest absolute Gasteiger partial charge is 0.481 e. The van der Waals surface area contributed by atoms with Gasteiger partial charge in [0.25, 0.3) is 0 Å². The number of carbonyl (C=O) groups excluding carboxylic acids is 1. The molecule has 0 atom stereocenters. The van der Waals surface area contributed by atoms with Gasteiger partial charge in [0.1, 0.15) is 17.1 Å². The molecule has 0 spiro atoms. The van der Waals surface area contributed by atoms with E-state index >= 15 is 0 Å². The standard InChI is InChI=1S/C25H30O8/c1-25(2,3)33-23(28)10-9-17-7-6-8-18(11-17)24-19(13-22(26)27)12-20(31-15-29-4)14-21(24)32-16-30-5/h6-12,14H,13,15-16H2,1-5H3,(H,26,27). The van der Waals surface area contributed by atoms with Crippen molar-refractivity contribution in [3.63, 3.8) is 0 Å². The first-order valence-corrected chi connectivity index (χ1v) is 10.3. The quantitative estimate of drug-likeness (QED) is 0.302. The number of carboxylic acids is 1. The van der Waals surface area contributed by atoms with Crippen LogP contribution in [0.1, 0.15) is 31.9 Å². The van der Waals surface area contributed by atoms with Gasteiger partial charge in [0, 0.05) is 31.9 Å². The van der Waals surface area contributed by atoms with Crippen LogP contribution in [0.3, 0.4) is 0 Å². The Morgan fingerprint density at radius 3 is 2.33 bits per heavy atom. The fraction of sp³-hybridized carbons (Fsp3) is 0.360. The van der Waals surface area contributed by atoms with Crippen LogP contribution in [0.4, 0.5) is 0 Å². The van der Waals surface area contributed by atoms with E-state index in [0.717, 1.165) is 5.56 Å². The van der Waals surface area contributed by atoms with E-state index in [1.54, 1.807) is 39.0 Å². The molecule has 0 amide bonds.